The van der Waals surface area contributed by atoms with Gasteiger partial charge in [0.25, 0.3) is 5.91 Å². The molecule has 0 aliphatic rings. The molecule has 0 radical (unpaired) electrons. The van der Waals surface area contributed by atoms with E-state index in [1.54, 1.807) is 19.0 Å². The number of benzene rings is 2. The zero-order valence-corrected chi connectivity index (χ0v) is 21.4. The Bertz CT molecular complexity index is 811. The summed E-state index contributed by atoms with van der Waals surface area (Å²) in [5.41, 5.74) is 3.16. The Morgan fingerprint density at radius 1 is 0.968 bits per heavy atom. The molecule has 0 saturated carbocycles. The lowest BCUT2D eigenvalue weighted by molar-refractivity contribution is 0.0827. The maximum atomic E-state index is 12.1. The van der Waals surface area contributed by atoms with E-state index in [1.165, 1.54) is 5.56 Å². The number of rotatable bonds is 10. The number of likely N-dealkylation sites (N-methyl/N-ethyl adjacent to an activating group) is 1. The summed E-state index contributed by atoms with van der Waals surface area (Å²) in [6, 6.07) is 18.3. The smallest absolute Gasteiger partial charge is 0.253 e. The minimum absolute atomic E-state index is 0. The van der Waals surface area contributed by atoms with Gasteiger partial charge in [0, 0.05) is 45.8 Å². The van der Waals surface area contributed by atoms with Crippen molar-refractivity contribution in [2.45, 2.75) is 19.9 Å². The van der Waals surface area contributed by atoms with Crippen LogP contribution in [0, 0.1) is 0 Å². The maximum absolute atomic E-state index is 12.1. The first kappa shape index (κ1) is 26.9. The zero-order chi connectivity index (χ0) is 21.8. The Hall–Kier alpha value is -2.13. The number of halogens is 1. The van der Waals surface area contributed by atoms with Gasteiger partial charge in [0.2, 0.25) is 0 Å². The van der Waals surface area contributed by atoms with Gasteiger partial charge in [-0.05, 0) is 43.7 Å². The molecule has 0 unspecified atom stereocenters. The van der Waals surface area contributed by atoms with Crippen molar-refractivity contribution >= 4 is 35.8 Å². The fourth-order valence-electron chi connectivity index (χ4n) is 3.09. The first-order valence-electron chi connectivity index (χ1n) is 10.5. The fourth-order valence-corrected chi connectivity index (χ4v) is 3.09. The van der Waals surface area contributed by atoms with Gasteiger partial charge in [-0.15, -0.1) is 24.0 Å². The predicted octanol–water partition coefficient (Wildman–Crippen LogP) is 3.24. The van der Waals surface area contributed by atoms with Crippen LogP contribution in [-0.4, -0.2) is 69.0 Å². The van der Waals surface area contributed by atoms with E-state index in [1.807, 2.05) is 24.3 Å². The lowest BCUT2D eigenvalue weighted by atomic mass is 10.1. The Balaban J connectivity index is 0.00000480. The third-order valence-electron chi connectivity index (χ3n) is 4.68. The van der Waals surface area contributed by atoms with E-state index < -0.39 is 0 Å². The predicted molar refractivity (Wildman–Crippen MR) is 140 cm³/mol. The van der Waals surface area contributed by atoms with E-state index in [9.17, 15) is 4.79 Å². The van der Waals surface area contributed by atoms with Crippen LogP contribution in [0.15, 0.2) is 59.6 Å². The van der Waals surface area contributed by atoms with E-state index >= 15 is 0 Å². The van der Waals surface area contributed by atoms with Crippen molar-refractivity contribution in [2.24, 2.45) is 4.99 Å². The minimum Gasteiger partial charge on any atom is -0.357 e. The second kappa shape index (κ2) is 14.8. The lowest BCUT2D eigenvalue weighted by Gasteiger charge is -2.16. The molecule has 0 heterocycles. The standard InChI is InChI=1S/C24H35N5O.HI/c1-5-25-24(27-16-17-29(4)19-21-10-7-6-8-11-21)26-15-14-20-12-9-13-22(18-20)23(30)28(2)3;/h6-13,18H,5,14-17,19H2,1-4H3,(H2,25,26,27);1H. The third kappa shape index (κ3) is 10.1. The molecule has 1 amide bonds. The van der Waals surface area contributed by atoms with E-state index in [-0.39, 0.29) is 29.9 Å². The van der Waals surface area contributed by atoms with E-state index in [2.05, 4.69) is 64.8 Å². The van der Waals surface area contributed by atoms with Crippen LogP contribution in [0.4, 0.5) is 0 Å². The number of hydrogen-bond acceptors (Lipinski definition) is 3. The molecule has 0 atom stereocenters. The van der Waals surface area contributed by atoms with Gasteiger partial charge >= 0.3 is 0 Å². The number of carbonyl (C=O) groups is 1. The van der Waals surface area contributed by atoms with Crippen LogP contribution in [-0.2, 0) is 13.0 Å². The summed E-state index contributed by atoms with van der Waals surface area (Å²) in [4.78, 5) is 20.7. The summed E-state index contributed by atoms with van der Waals surface area (Å²) in [5, 5.41) is 6.69. The Kier molecular flexibility index (Phi) is 12.8. The van der Waals surface area contributed by atoms with Crippen LogP contribution in [0.3, 0.4) is 0 Å². The van der Waals surface area contributed by atoms with Crippen LogP contribution >= 0.6 is 24.0 Å². The van der Waals surface area contributed by atoms with Crippen LogP contribution in [0.5, 0.6) is 0 Å². The van der Waals surface area contributed by atoms with Crippen LogP contribution in [0.25, 0.3) is 0 Å². The van der Waals surface area contributed by atoms with Gasteiger partial charge in [-0.1, -0.05) is 42.5 Å². The molecule has 7 heteroatoms. The Morgan fingerprint density at radius 3 is 2.35 bits per heavy atom. The van der Waals surface area contributed by atoms with Gasteiger partial charge < -0.3 is 20.4 Å². The first-order valence-corrected chi connectivity index (χ1v) is 10.5. The summed E-state index contributed by atoms with van der Waals surface area (Å²) in [6.07, 6.45) is 0.826. The molecule has 0 aromatic heterocycles. The number of nitrogens with one attached hydrogen (secondary N) is 2. The van der Waals surface area contributed by atoms with Gasteiger partial charge in [0.15, 0.2) is 5.96 Å². The number of aliphatic imine (C=N–C) groups is 1. The molecule has 0 saturated heterocycles. The van der Waals surface area contributed by atoms with E-state index in [4.69, 9.17) is 0 Å². The molecule has 0 bridgehead atoms. The van der Waals surface area contributed by atoms with Crippen molar-refractivity contribution in [1.29, 1.82) is 0 Å². The summed E-state index contributed by atoms with van der Waals surface area (Å²) < 4.78 is 0. The van der Waals surface area contributed by atoms with Crippen LogP contribution in [0.1, 0.15) is 28.4 Å². The topological polar surface area (TPSA) is 60.0 Å². The first-order chi connectivity index (χ1) is 14.5. The number of nitrogens with zero attached hydrogens (tertiary/aromatic N) is 3. The average Bonchev–Trinajstić information content (AvgIpc) is 2.74. The highest BCUT2D eigenvalue weighted by Gasteiger charge is 2.08. The Morgan fingerprint density at radius 2 is 1.68 bits per heavy atom. The fraction of sp³-hybridized carbons (Fsp3) is 0.417. The molecule has 0 fully saturated rings. The van der Waals surface area contributed by atoms with E-state index in [0.29, 0.717) is 0 Å². The molecule has 2 aromatic carbocycles. The zero-order valence-electron chi connectivity index (χ0n) is 19.1. The number of amides is 1. The summed E-state index contributed by atoms with van der Waals surface area (Å²) in [6.45, 7) is 6.17. The second-order valence-corrected chi connectivity index (χ2v) is 7.56. The molecule has 2 aromatic rings. The van der Waals surface area contributed by atoms with Crippen molar-refractivity contribution in [3.8, 4) is 0 Å². The van der Waals surface area contributed by atoms with Gasteiger partial charge in [-0.3, -0.25) is 9.79 Å². The van der Waals surface area contributed by atoms with Crippen molar-refractivity contribution in [2.75, 3.05) is 47.3 Å². The van der Waals surface area contributed by atoms with Crippen LogP contribution in [0.2, 0.25) is 0 Å². The summed E-state index contributed by atoms with van der Waals surface area (Å²) in [5.74, 6) is 0.852. The monoisotopic (exact) mass is 537 g/mol. The third-order valence-corrected chi connectivity index (χ3v) is 4.68. The van der Waals surface area contributed by atoms with Crippen LogP contribution < -0.4 is 10.6 Å². The van der Waals surface area contributed by atoms with Crippen molar-refractivity contribution < 1.29 is 4.79 Å². The van der Waals surface area contributed by atoms with Gasteiger partial charge in [0.05, 0.1) is 6.54 Å². The molecule has 0 aliphatic heterocycles. The molecule has 2 rings (SSSR count). The molecular weight excluding hydrogens is 501 g/mol. The SMILES string of the molecule is CCNC(=NCCN(C)Cc1ccccc1)NCCc1cccc(C(=O)N(C)C)c1.I. The summed E-state index contributed by atoms with van der Waals surface area (Å²) in [7, 11) is 5.66. The molecule has 170 valence electrons. The van der Waals surface area contributed by atoms with Gasteiger partial charge in [0.1, 0.15) is 0 Å². The average molecular weight is 537 g/mol. The summed E-state index contributed by atoms with van der Waals surface area (Å²) >= 11 is 0. The van der Waals surface area contributed by atoms with Crippen molar-refractivity contribution in [1.82, 2.24) is 20.4 Å². The number of guanidine groups is 1. The number of hydrogen-bond donors (Lipinski definition) is 2. The highest BCUT2D eigenvalue weighted by Crippen LogP contribution is 2.08. The quantitative estimate of drug-likeness (QED) is 0.278. The van der Waals surface area contributed by atoms with Crippen molar-refractivity contribution in [3.63, 3.8) is 0 Å². The largest absolute Gasteiger partial charge is 0.357 e. The molecule has 31 heavy (non-hydrogen) atoms. The van der Waals surface area contributed by atoms with Gasteiger partial charge in [-0.25, -0.2) is 0 Å². The maximum Gasteiger partial charge on any atom is 0.253 e. The normalized spacial score (nSPS) is 11.1. The number of carbonyl (C=O) groups excluding carboxylic acids is 1. The molecular formula is C24H36IN5O. The highest BCUT2D eigenvalue weighted by atomic mass is 127. The molecule has 6 nitrogen and oxygen atoms in total. The molecule has 0 spiro atoms. The lowest BCUT2D eigenvalue weighted by Crippen LogP contribution is -2.39. The van der Waals surface area contributed by atoms with Gasteiger partial charge in [-0.2, -0.15) is 0 Å². The highest BCUT2D eigenvalue weighted by molar-refractivity contribution is 14.0. The minimum atomic E-state index is 0. The molecule has 0 aliphatic carbocycles. The van der Waals surface area contributed by atoms with E-state index in [0.717, 1.165) is 56.2 Å². The second-order valence-electron chi connectivity index (χ2n) is 7.56. The Labute approximate surface area is 204 Å². The van der Waals surface area contributed by atoms with Crippen molar-refractivity contribution in [3.05, 3.63) is 71.3 Å². The molecule has 2 N–H and O–H groups in total.